The van der Waals surface area contributed by atoms with E-state index < -0.39 is 11.6 Å². The molecular formula is C13H13F2NO. The van der Waals surface area contributed by atoms with E-state index >= 15 is 0 Å². The lowest BCUT2D eigenvalue weighted by atomic mass is 10.2. The summed E-state index contributed by atoms with van der Waals surface area (Å²) in [5, 5.41) is 3.07. The second-order valence-electron chi connectivity index (χ2n) is 3.85. The quantitative estimate of drug-likeness (QED) is 0.881. The molecular weight excluding hydrogens is 224 g/mol. The van der Waals surface area contributed by atoms with E-state index in [9.17, 15) is 8.78 Å². The lowest BCUT2D eigenvalue weighted by Crippen LogP contribution is -2.18. The van der Waals surface area contributed by atoms with Crippen molar-refractivity contribution >= 4 is 0 Å². The predicted octanol–water partition coefficient (Wildman–Crippen LogP) is 3.41. The zero-order valence-electron chi connectivity index (χ0n) is 9.41. The molecule has 0 aliphatic rings. The van der Waals surface area contributed by atoms with Crippen LogP contribution in [0.5, 0.6) is 0 Å². The summed E-state index contributed by atoms with van der Waals surface area (Å²) in [4.78, 5) is 0. The van der Waals surface area contributed by atoms with Crippen LogP contribution in [-0.4, -0.2) is 0 Å². The second-order valence-corrected chi connectivity index (χ2v) is 3.85. The van der Waals surface area contributed by atoms with Crippen molar-refractivity contribution in [3.63, 3.8) is 0 Å². The third-order valence-electron chi connectivity index (χ3n) is 2.58. The Hall–Kier alpha value is -1.68. The SMILES string of the molecule is C[C@H](NCc1cc(F)ccc1F)c1ccco1. The number of rotatable bonds is 4. The standard InChI is InChI=1S/C13H13F2NO/c1-9(13-3-2-6-17-13)16-8-10-7-11(14)4-5-12(10)15/h2-7,9,16H,8H2,1H3/t9-/m0/s1. The van der Waals surface area contributed by atoms with Crippen LogP contribution in [0.15, 0.2) is 41.0 Å². The van der Waals surface area contributed by atoms with Crippen molar-refractivity contribution in [2.75, 3.05) is 0 Å². The molecule has 2 nitrogen and oxygen atoms in total. The Kier molecular flexibility index (Phi) is 3.54. The molecule has 0 bridgehead atoms. The molecule has 17 heavy (non-hydrogen) atoms. The van der Waals surface area contributed by atoms with Gasteiger partial charge in [0.2, 0.25) is 0 Å². The van der Waals surface area contributed by atoms with Crippen molar-refractivity contribution < 1.29 is 13.2 Å². The Labute approximate surface area is 98.3 Å². The van der Waals surface area contributed by atoms with E-state index in [2.05, 4.69) is 5.32 Å². The largest absolute Gasteiger partial charge is 0.468 e. The number of hydrogen-bond donors (Lipinski definition) is 1. The van der Waals surface area contributed by atoms with Crippen molar-refractivity contribution in [3.8, 4) is 0 Å². The Morgan fingerprint density at radius 1 is 1.29 bits per heavy atom. The summed E-state index contributed by atoms with van der Waals surface area (Å²) in [7, 11) is 0. The maximum atomic E-state index is 13.3. The molecule has 1 N–H and O–H groups in total. The first kappa shape index (κ1) is 11.8. The molecule has 1 aromatic carbocycles. The van der Waals surface area contributed by atoms with Crippen LogP contribution >= 0.6 is 0 Å². The lowest BCUT2D eigenvalue weighted by Gasteiger charge is -2.11. The van der Waals surface area contributed by atoms with E-state index in [0.29, 0.717) is 5.56 Å². The van der Waals surface area contributed by atoms with Gasteiger partial charge in [-0.1, -0.05) is 0 Å². The van der Waals surface area contributed by atoms with Crippen molar-refractivity contribution in [1.82, 2.24) is 5.32 Å². The normalized spacial score (nSPS) is 12.6. The molecule has 4 heteroatoms. The van der Waals surface area contributed by atoms with Crippen LogP contribution < -0.4 is 5.32 Å². The minimum atomic E-state index is -0.436. The van der Waals surface area contributed by atoms with Crippen molar-refractivity contribution in [2.45, 2.75) is 19.5 Å². The molecule has 1 aromatic heterocycles. The van der Waals surface area contributed by atoms with Crippen LogP contribution in [0.25, 0.3) is 0 Å². The smallest absolute Gasteiger partial charge is 0.127 e. The molecule has 0 aliphatic carbocycles. The molecule has 0 radical (unpaired) electrons. The van der Waals surface area contributed by atoms with E-state index in [0.717, 1.165) is 17.9 Å². The molecule has 1 atom stereocenters. The Morgan fingerprint density at radius 3 is 2.82 bits per heavy atom. The first-order valence-corrected chi connectivity index (χ1v) is 5.37. The van der Waals surface area contributed by atoms with E-state index in [1.165, 1.54) is 6.07 Å². The summed E-state index contributed by atoms with van der Waals surface area (Å²) < 4.78 is 31.5. The van der Waals surface area contributed by atoms with Gasteiger partial charge < -0.3 is 9.73 Å². The highest BCUT2D eigenvalue weighted by Gasteiger charge is 2.09. The first-order chi connectivity index (χ1) is 8.16. The van der Waals surface area contributed by atoms with Gasteiger partial charge in [-0.3, -0.25) is 0 Å². The minimum absolute atomic E-state index is 0.0485. The van der Waals surface area contributed by atoms with Crippen molar-refractivity contribution in [3.05, 3.63) is 59.6 Å². The van der Waals surface area contributed by atoms with Gasteiger partial charge in [-0.05, 0) is 37.3 Å². The maximum Gasteiger partial charge on any atom is 0.127 e. The molecule has 0 saturated carbocycles. The third-order valence-corrected chi connectivity index (χ3v) is 2.58. The average Bonchev–Trinajstić information content (AvgIpc) is 2.83. The molecule has 90 valence electrons. The van der Waals surface area contributed by atoms with Crippen molar-refractivity contribution in [1.29, 1.82) is 0 Å². The summed E-state index contributed by atoms with van der Waals surface area (Å²) in [5.41, 5.74) is 0.309. The number of hydrogen-bond acceptors (Lipinski definition) is 2. The van der Waals surface area contributed by atoms with Gasteiger partial charge in [0.25, 0.3) is 0 Å². The van der Waals surface area contributed by atoms with Crippen LogP contribution in [0.3, 0.4) is 0 Å². The topological polar surface area (TPSA) is 25.2 Å². The molecule has 0 aliphatic heterocycles. The highest BCUT2D eigenvalue weighted by atomic mass is 19.1. The van der Waals surface area contributed by atoms with E-state index in [-0.39, 0.29) is 12.6 Å². The van der Waals surface area contributed by atoms with E-state index in [1.54, 1.807) is 12.3 Å². The summed E-state index contributed by atoms with van der Waals surface area (Å²) in [6.45, 7) is 2.15. The van der Waals surface area contributed by atoms with Gasteiger partial charge in [0.15, 0.2) is 0 Å². The summed E-state index contributed by atoms with van der Waals surface area (Å²) in [6, 6.07) is 7.00. The van der Waals surface area contributed by atoms with Gasteiger partial charge in [-0.25, -0.2) is 8.78 Å². The van der Waals surface area contributed by atoms with Gasteiger partial charge in [0.05, 0.1) is 12.3 Å². The van der Waals surface area contributed by atoms with Crippen LogP contribution in [-0.2, 0) is 6.54 Å². The molecule has 0 saturated heterocycles. The van der Waals surface area contributed by atoms with Gasteiger partial charge in [0.1, 0.15) is 17.4 Å². The second kappa shape index (κ2) is 5.10. The molecule has 0 spiro atoms. The Bertz CT molecular complexity index is 482. The molecule has 0 unspecified atom stereocenters. The molecule has 0 amide bonds. The van der Waals surface area contributed by atoms with Gasteiger partial charge >= 0.3 is 0 Å². The molecule has 1 heterocycles. The van der Waals surface area contributed by atoms with Crippen LogP contribution in [0.4, 0.5) is 8.78 Å². The fourth-order valence-electron chi connectivity index (χ4n) is 1.58. The Balaban J connectivity index is 2.00. The lowest BCUT2D eigenvalue weighted by molar-refractivity contribution is 0.426. The molecule has 2 rings (SSSR count). The number of furan rings is 1. The fourth-order valence-corrected chi connectivity index (χ4v) is 1.58. The fraction of sp³-hybridized carbons (Fsp3) is 0.231. The summed E-state index contributed by atoms with van der Waals surface area (Å²) in [5.74, 6) is -0.0822. The van der Waals surface area contributed by atoms with Gasteiger partial charge in [0, 0.05) is 12.1 Å². The molecule has 2 aromatic rings. The van der Waals surface area contributed by atoms with Crippen LogP contribution in [0, 0.1) is 11.6 Å². The monoisotopic (exact) mass is 237 g/mol. The predicted molar refractivity (Wildman–Crippen MR) is 60.3 cm³/mol. The van der Waals surface area contributed by atoms with E-state index in [1.807, 2.05) is 13.0 Å². The average molecular weight is 237 g/mol. The number of nitrogens with one attached hydrogen (secondary N) is 1. The number of halogens is 2. The Morgan fingerprint density at radius 2 is 2.12 bits per heavy atom. The highest BCUT2D eigenvalue weighted by molar-refractivity contribution is 5.18. The highest BCUT2D eigenvalue weighted by Crippen LogP contribution is 2.15. The zero-order chi connectivity index (χ0) is 12.3. The van der Waals surface area contributed by atoms with Crippen LogP contribution in [0.2, 0.25) is 0 Å². The number of benzene rings is 1. The summed E-state index contributed by atoms with van der Waals surface area (Å²) in [6.07, 6.45) is 1.58. The van der Waals surface area contributed by atoms with Gasteiger partial charge in [-0.15, -0.1) is 0 Å². The maximum absolute atomic E-state index is 13.3. The zero-order valence-corrected chi connectivity index (χ0v) is 9.41. The molecule has 0 fully saturated rings. The first-order valence-electron chi connectivity index (χ1n) is 5.37. The van der Waals surface area contributed by atoms with Crippen LogP contribution in [0.1, 0.15) is 24.3 Å². The van der Waals surface area contributed by atoms with Gasteiger partial charge in [-0.2, -0.15) is 0 Å². The summed E-state index contributed by atoms with van der Waals surface area (Å²) >= 11 is 0. The van der Waals surface area contributed by atoms with Crippen molar-refractivity contribution in [2.24, 2.45) is 0 Å². The van der Waals surface area contributed by atoms with E-state index in [4.69, 9.17) is 4.42 Å². The minimum Gasteiger partial charge on any atom is -0.468 e. The third kappa shape index (κ3) is 2.91.